The van der Waals surface area contributed by atoms with E-state index < -0.39 is 28.9 Å². The maximum atomic E-state index is 12.8. The van der Waals surface area contributed by atoms with Crippen LogP contribution in [-0.4, -0.2) is 81.8 Å². The first-order chi connectivity index (χ1) is 22.2. The van der Waals surface area contributed by atoms with E-state index in [1.54, 1.807) is 64.6 Å². The number of aliphatic imine (C=N–C) groups is 1. The standard InChI is InChI=1S/C35H45ClN6O6/c1-33(2,3)46-28(43)21-27(39-31(44)47-34(4,5)6)38-30-37-26-15-12-23(36)20-25(26)29(40-30)22-10-13-24(14-11-22)41-16-18-42(19-17-41)32(45)48-35(7,8)9/h10-15,20H,16-19,21H2,1-9H3,(H,37,38,39,40,44). The highest BCUT2D eigenvalue weighted by molar-refractivity contribution is 6.31. The molecule has 1 aliphatic rings. The molecule has 12 nitrogen and oxygen atoms in total. The number of anilines is 1. The topological polar surface area (TPSA) is 136 Å². The summed E-state index contributed by atoms with van der Waals surface area (Å²) in [5.74, 6) is -0.594. The minimum absolute atomic E-state index is 0.0248. The molecule has 1 N–H and O–H groups in total. The van der Waals surface area contributed by atoms with Crippen molar-refractivity contribution >= 4 is 58.1 Å². The first-order valence-electron chi connectivity index (χ1n) is 15.8. The van der Waals surface area contributed by atoms with Crippen LogP contribution in [0.5, 0.6) is 0 Å². The van der Waals surface area contributed by atoms with Crippen LogP contribution in [-0.2, 0) is 19.0 Å². The smallest absolute Gasteiger partial charge is 0.413 e. The van der Waals surface area contributed by atoms with Crippen molar-refractivity contribution in [1.29, 1.82) is 0 Å². The predicted molar refractivity (Wildman–Crippen MR) is 187 cm³/mol. The molecule has 1 fully saturated rings. The highest BCUT2D eigenvalue weighted by atomic mass is 35.5. The third kappa shape index (κ3) is 10.8. The number of halogens is 1. The number of amides is 2. The van der Waals surface area contributed by atoms with Gasteiger partial charge in [0.25, 0.3) is 5.95 Å². The Kier molecular flexibility index (Phi) is 10.9. The van der Waals surface area contributed by atoms with Crippen molar-refractivity contribution in [3.8, 4) is 11.3 Å². The number of carbonyl (C=O) groups excluding carboxylic acids is 3. The highest BCUT2D eigenvalue weighted by Gasteiger charge is 2.26. The van der Waals surface area contributed by atoms with Gasteiger partial charge in [-0.15, -0.1) is 0 Å². The second-order valence-electron chi connectivity index (χ2n) is 14.5. The van der Waals surface area contributed by atoms with E-state index in [1.807, 2.05) is 45.0 Å². The lowest BCUT2D eigenvalue weighted by atomic mass is 10.1. The summed E-state index contributed by atoms with van der Waals surface area (Å²) in [7, 11) is 0. The molecule has 0 bridgehead atoms. The zero-order valence-electron chi connectivity index (χ0n) is 29.1. The van der Waals surface area contributed by atoms with Gasteiger partial charge in [-0.25, -0.2) is 19.6 Å². The molecule has 0 saturated carbocycles. The summed E-state index contributed by atoms with van der Waals surface area (Å²) in [4.78, 5) is 55.7. The van der Waals surface area contributed by atoms with Gasteiger partial charge in [0.05, 0.1) is 11.2 Å². The number of piperazine rings is 1. The van der Waals surface area contributed by atoms with Crippen LogP contribution in [0.2, 0.25) is 5.02 Å². The second kappa shape index (κ2) is 14.3. The molecule has 0 radical (unpaired) electrons. The molecule has 2 aromatic carbocycles. The fourth-order valence-corrected chi connectivity index (χ4v) is 5.00. The second-order valence-corrected chi connectivity index (χ2v) is 14.9. The van der Waals surface area contributed by atoms with Crippen molar-refractivity contribution in [2.75, 3.05) is 31.1 Å². The van der Waals surface area contributed by atoms with Crippen LogP contribution in [0.15, 0.2) is 47.5 Å². The molecule has 3 aromatic rings. The number of rotatable bonds is 5. The molecule has 1 aromatic heterocycles. The van der Waals surface area contributed by atoms with Crippen molar-refractivity contribution in [2.24, 2.45) is 4.99 Å². The summed E-state index contributed by atoms with van der Waals surface area (Å²) in [6.45, 7) is 18.5. The van der Waals surface area contributed by atoms with Crippen molar-refractivity contribution in [3.05, 3.63) is 47.5 Å². The average Bonchev–Trinajstić information content (AvgIpc) is 2.94. The van der Waals surface area contributed by atoms with Crippen molar-refractivity contribution < 1.29 is 28.6 Å². The van der Waals surface area contributed by atoms with E-state index in [9.17, 15) is 14.4 Å². The van der Waals surface area contributed by atoms with E-state index in [0.29, 0.717) is 47.8 Å². The molecule has 258 valence electrons. The summed E-state index contributed by atoms with van der Waals surface area (Å²) < 4.78 is 16.4. The normalized spacial score (nSPS) is 14.5. The molecule has 1 aliphatic heterocycles. The predicted octanol–water partition coefficient (Wildman–Crippen LogP) is 7.29. The van der Waals surface area contributed by atoms with E-state index in [1.165, 1.54) is 0 Å². The number of esters is 1. The van der Waals surface area contributed by atoms with Crippen molar-refractivity contribution in [2.45, 2.75) is 85.5 Å². The zero-order chi connectivity index (χ0) is 35.4. The molecule has 0 spiro atoms. The molecule has 0 atom stereocenters. The molecular formula is C35H45ClN6O6. The van der Waals surface area contributed by atoms with Crippen molar-refractivity contribution in [3.63, 3.8) is 0 Å². The Morgan fingerprint density at radius 1 is 0.812 bits per heavy atom. The monoisotopic (exact) mass is 680 g/mol. The van der Waals surface area contributed by atoms with Crippen LogP contribution in [0.25, 0.3) is 22.2 Å². The molecule has 0 aliphatic carbocycles. The van der Waals surface area contributed by atoms with Crippen LogP contribution in [0.4, 0.5) is 21.2 Å². The minimum atomic E-state index is -0.778. The number of hydrogen-bond donors (Lipinski definition) is 1. The zero-order valence-corrected chi connectivity index (χ0v) is 29.9. The number of fused-ring (bicyclic) bond motifs is 1. The van der Waals surface area contributed by atoms with Crippen LogP contribution in [0.3, 0.4) is 0 Å². The Morgan fingerprint density at radius 2 is 1.42 bits per heavy atom. The lowest BCUT2D eigenvalue weighted by Crippen LogP contribution is -2.50. The van der Waals surface area contributed by atoms with Crippen LogP contribution in [0, 0.1) is 0 Å². The fraction of sp³-hybridized carbons (Fsp3) is 0.486. The van der Waals surface area contributed by atoms with Crippen LogP contribution >= 0.6 is 11.6 Å². The number of aromatic nitrogens is 2. The van der Waals surface area contributed by atoms with Gasteiger partial charge < -0.3 is 24.0 Å². The Morgan fingerprint density at radius 3 is 2.00 bits per heavy atom. The lowest BCUT2D eigenvalue weighted by Gasteiger charge is -2.36. The van der Waals surface area contributed by atoms with E-state index in [2.05, 4.69) is 20.2 Å². The molecule has 2 amide bonds. The third-order valence-corrected chi connectivity index (χ3v) is 6.93. The van der Waals surface area contributed by atoms with Gasteiger partial charge in [-0.2, -0.15) is 4.99 Å². The van der Waals surface area contributed by atoms with Gasteiger partial charge in [0.1, 0.15) is 29.1 Å². The summed E-state index contributed by atoms with van der Waals surface area (Å²) in [5, 5.41) is 3.79. The van der Waals surface area contributed by atoms with Crippen molar-refractivity contribution in [1.82, 2.24) is 20.2 Å². The highest BCUT2D eigenvalue weighted by Crippen LogP contribution is 2.32. The number of ether oxygens (including phenoxy) is 3. The Bertz CT molecular complexity index is 1650. The molecule has 4 rings (SSSR count). The maximum Gasteiger partial charge on any atom is 0.413 e. The summed E-state index contributed by atoms with van der Waals surface area (Å²) in [5.41, 5.74) is 0.863. The lowest BCUT2D eigenvalue weighted by molar-refractivity contribution is -0.153. The largest absolute Gasteiger partial charge is 0.460 e. The number of benzene rings is 2. The Labute approximate surface area is 286 Å². The number of carbonyl (C=O) groups is 3. The molecular weight excluding hydrogens is 636 g/mol. The van der Waals surface area contributed by atoms with Crippen LogP contribution in [0.1, 0.15) is 68.7 Å². The van der Waals surface area contributed by atoms with Gasteiger partial charge in [0.2, 0.25) is 0 Å². The van der Waals surface area contributed by atoms with E-state index in [0.717, 1.165) is 11.3 Å². The minimum Gasteiger partial charge on any atom is -0.460 e. The number of hydrogen-bond acceptors (Lipinski definition) is 10. The van der Waals surface area contributed by atoms with Gasteiger partial charge in [-0.1, -0.05) is 23.7 Å². The first kappa shape index (κ1) is 36.4. The first-order valence-corrected chi connectivity index (χ1v) is 16.2. The SMILES string of the molecule is CC(C)(C)OC(=O)CC(=Nc1nc(-c2ccc(N3CCN(C(=O)OC(C)(C)C)CC3)cc2)c2cc(Cl)ccc2n1)NC(=O)OC(C)(C)C. The molecule has 1 saturated heterocycles. The number of nitrogens with zero attached hydrogens (tertiary/aromatic N) is 5. The van der Waals surface area contributed by atoms with E-state index >= 15 is 0 Å². The van der Waals surface area contributed by atoms with E-state index in [4.69, 9.17) is 30.8 Å². The molecule has 2 heterocycles. The third-order valence-electron chi connectivity index (χ3n) is 6.70. The number of alkyl carbamates (subject to hydrolysis) is 1. The molecule has 0 unspecified atom stereocenters. The van der Waals surface area contributed by atoms with Crippen LogP contribution < -0.4 is 10.2 Å². The quantitative estimate of drug-likeness (QED) is 0.127. The van der Waals surface area contributed by atoms with Gasteiger partial charge in [-0.05, 0) is 92.6 Å². The molecule has 13 heteroatoms. The van der Waals surface area contributed by atoms with Gasteiger partial charge in [-0.3, -0.25) is 10.1 Å². The van der Waals surface area contributed by atoms with Gasteiger partial charge >= 0.3 is 18.2 Å². The Hall–Kier alpha value is -4.45. The van der Waals surface area contributed by atoms with E-state index in [-0.39, 0.29) is 24.3 Å². The van der Waals surface area contributed by atoms with Gasteiger partial charge in [0, 0.05) is 47.8 Å². The number of nitrogens with one attached hydrogen (secondary N) is 1. The Balaban J connectivity index is 1.63. The summed E-state index contributed by atoms with van der Waals surface area (Å²) in [6, 6.07) is 13.2. The van der Waals surface area contributed by atoms with Gasteiger partial charge in [0.15, 0.2) is 0 Å². The average molecular weight is 681 g/mol. The molecule has 48 heavy (non-hydrogen) atoms. The maximum absolute atomic E-state index is 12.8. The fourth-order valence-electron chi connectivity index (χ4n) is 4.83. The summed E-state index contributed by atoms with van der Waals surface area (Å²) >= 11 is 6.38. The summed E-state index contributed by atoms with van der Waals surface area (Å²) in [6.07, 6.45) is -1.43. The number of amidine groups is 1.